The molecule has 1 N–H and O–H groups in total. The minimum atomic E-state index is -0.443. The maximum atomic E-state index is 11.4. The largest absolute Gasteiger partial charge is 0.461 e. The summed E-state index contributed by atoms with van der Waals surface area (Å²) < 4.78 is 10.1. The second-order valence-corrected chi connectivity index (χ2v) is 5.13. The molecule has 0 atom stereocenters. The van der Waals surface area contributed by atoms with Crippen LogP contribution < -0.4 is 5.32 Å². The van der Waals surface area contributed by atoms with Gasteiger partial charge in [-0.05, 0) is 25.2 Å². The lowest BCUT2D eigenvalue weighted by Gasteiger charge is -2.22. The molecule has 100 valence electrons. The first kappa shape index (κ1) is 12.9. The fourth-order valence-corrected chi connectivity index (χ4v) is 2.35. The van der Waals surface area contributed by atoms with Gasteiger partial charge in [0.15, 0.2) is 5.69 Å². The Morgan fingerprint density at radius 1 is 1.56 bits per heavy atom. The first-order valence-electron chi connectivity index (χ1n) is 6.49. The number of hydrogen-bond acceptors (Lipinski definition) is 5. The molecule has 0 unspecified atom stereocenters. The summed E-state index contributed by atoms with van der Waals surface area (Å²) in [5.74, 6) is -0.443. The van der Waals surface area contributed by atoms with Crippen molar-refractivity contribution >= 4 is 12.0 Å². The molecule has 1 aliphatic carbocycles. The molecule has 1 fully saturated rings. The summed E-state index contributed by atoms with van der Waals surface area (Å²) in [5, 5.41) is 3.16. The molecule has 2 rings (SSSR count). The predicted octanol–water partition coefficient (Wildman–Crippen LogP) is 2.84. The molecule has 0 amide bonds. The Bertz CT molecular complexity index is 408. The van der Waals surface area contributed by atoms with Gasteiger partial charge in [0.05, 0.1) is 6.61 Å². The highest BCUT2D eigenvalue weighted by atomic mass is 16.5. The number of oxazole rings is 1. The fraction of sp³-hybridized carbons (Fsp3) is 0.692. The normalized spacial score (nSPS) is 17.7. The molecule has 0 aliphatic heterocycles. The molecule has 5 nitrogen and oxygen atoms in total. The van der Waals surface area contributed by atoms with E-state index in [1.54, 1.807) is 6.92 Å². The molecule has 18 heavy (non-hydrogen) atoms. The van der Waals surface area contributed by atoms with Crippen molar-refractivity contribution in [3.63, 3.8) is 0 Å². The van der Waals surface area contributed by atoms with Gasteiger partial charge in [0.1, 0.15) is 6.26 Å². The number of nitrogens with one attached hydrogen (secondary N) is 1. The third-order valence-electron chi connectivity index (χ3n) is 3.47. The Hall–Kier alpha value is -1.52. The summed E-state index contributed by atoms with van der Waals surface area (Å²) in [6.45, 7) is 5.20. The van der Waals surface area contributed by atoms with Gasteiger partial charge in [-0.15, -0.1) is 0 Å². The van der Waals surface area contributed by atoms with Gasteiger partial charge in [-0.2, -0.15) is 4.98 Å². The van der Waals surface area contributed by atoms with Gasteiger partial charge in [-0.1, -0.05) is 19.8 Å². The average Bonchev–Trinajstić information content (AvgIpc) is 2.96. The molecule has 0 bridgehead atoms. The highest BCUT2D eigenvalue weighted by molar-refractivity contribution is 5.87. The highest BCUT2D eigenvalue weighted by Gasteiger charge is 2.28. The summed E-state index contributed by atoms with van der Waals surface area (Å²) in [4.78, 5) is 15.5. The zero-order chi connectivity index (χ0) is 13.0. The van der Waals surface area contributed by atoms with Crippen LogP contribution in [0.4, 0.5) is 6.01 Å². The number of carbonyl (C=O) groups is 1. The summed E-state index contributed by atoms with van der Waals surface area (Å²) in [5.41, 5.74) is 0.536. The third kappa shape index (κ3) is 3.03. The van der Waals surface area contributed by atoms with E-state index in [9.17, 15) is 4.79 Å². The lowest BCUT2D eigenvalue weighted by Crippen LogP contribution is -2.23. The van der Waals surface area contributed by atoms with Crippen LogP contribution in [0.1, 0.15) is 50.0 Å². The number of aromatic nitrogens is 1. The molecule has 0 spiro atoms. The van der Waals surface area contributed by atoms with Crippen LogP contribution in [-0.2, 0) is 4.74 Å². The minimum Gasteiger partial charge on any atom is -0.461 e. The van der Waals surface area contributed by atoms with Gasteiger partial charge in [0, 0.05) is 6.54 Å². The Kier molecular flexibility index (Phi) is 3.89. The molecule has 1 heterocycles. The topological polar surface area (TPSA) is 64.4 Å². The van der Waals surface area contributed by atoms with Crippen molar-refractivity contribution in [3.8, 4) is 0 Å². The third-order valence-corrected chi connectivity index (χ3v) is 3.47. The molecule has 1 aliphatic rings. The predicted molar refractivity (Wildman–Crippen MR) is 67.5 cm³/mol. The zero-order valence-corrected chi connectivity index (χ0v) is 11.0. The van der Waals surface area contributed by atoms with E-state index < -0.39 is 5.97 Å². The average molecular weight is 252 g/mol. The smallest absolute Gasteiger partial charge is 0.360 e. The van der Waals surface area contributed by atoms with E-state index in [0.29, 0.717) is 18.0 Å². The molecule has 0 aromatic carbocycles. The van der Waals surface area contributed by atoms with E-state index in [-0.39, 0.29) is 5.69 Å². The minimum absolute atomic E-state index is 0.218. The van der Waals surface area contributed by atoms with Crippen molar-refractivity contribution < 1.29 is 13.9 Å². The molecule has 0 saturated heterocycles. The number of nitrogens with zero attached hydrogens (tertiary/aromatic N) is 1. The number of hydrogen-bond donors (Lipinski definition) is 1. The first-order chi connectivity index (χ1) is 8.63. The van der Waals surface area contributed by atoms with Gasteiger partial charge in [0.2, 0.25) is 0 Å². The summed E-state index contributed by atoms with van der Waals surface area (Å²) >= 11 is 0. The Balaban J connectivity index is 1.88. The second kappa shape index (κ2) is 5.42. The van der Waals surface area contributed by atoms with E-state index in [4.69, 9.17) is 9.15 Å². The van der Waals surface area contributed by atoms with E-state index in [2.05, 4.69) is 17.2 Å². The van der Waals surface area contributed by atoms with Gasteiger partial charge in [0.25, 0.3) is 6.01 Å². The number of ether oxygens (including phenoxy) is 1. The maximum absolute atomic E-state index is 11.4. The van der Waals surface area contributed by atoms with Crippen LogP contribution in [0.2, 0.25) is 0 Å². The van der Waals surface area contributed by atoms with Gasteiger partial charge >= 0.3 is 5.97 Å². The van der Waals surface area contributed by atoms with Crippen molar-refractivity contribution in [2.75, 3.05) is 18.5 Å². The van der Waals surface area contributed by atoms with Gasteiger partial charge in [-0.3, -0.25) is 0 Å². The molecular weight excluding hydrogens is 232 g/mol. The van der Waals surface area contributed by atoms with Crippen molar-refractivity contribution in [2.24, 2.45) is 5.41 Å². The van der Waals surface area contributed by atoms with Crippen LogP contribution in [0.5, 0.6) is 0 Å². The highest BCUT2D eigenvalue weighted by Crippen LogP contribution is 2.37. The number of anilines is 1. The van der Waals surface area contributed by atoms with Crippen LogP contribution >= 0.6 is 0 Å². The standard InChI is InChI=1S/C13H20N2O3/c1-3-17-11(16)10-8-18-12(15-10)14-9-13(2)6-4-5-7-13/h8H,3-7,9H2,1-2H3,(H,14,15). The van der Waals surface area contributed by atoms with Crippen LogP contribution in [-0.4, -0.2) is 24.1 Å². The Labute approximate surface area is 107 Å². The monoisotopic (exact) mass is 252 g/mol. The summed E-state index contributed by atoms with van der Waals surface area (Å²) in [7, 11) is 0. The number of rotatable bonds is 5. The molecule has 1 aromatic heterocycles. The Morgan fingerprint density at radius 3 is 2.94 bits per heavy atom. The SMILES string of the molecule is CCOC(=O)c1coc(NCC2(C)CCCC2)n1. The van der Waals surface area contributed by atoms with E-state index >= 15 is 0 Å². The van der Waals surface area contributed by atoms with Crippen LogP contribution in [0.25, 0.3) is 0 Å². The van der Waals surface area contributed by atoms with Gasteiger partial charge < -0.3 is 14.5 Å². The van der Waals surface area contributed by atoms with Gasteiger partial charge in [-0.25, -0.2) is 4.79 Å². The second-order valence-electron chi connectivity index (χ2n) is 5.13. The van der Waals surface area contributed by atoms with E-state index in [0.717, 1.165) is 6.54 Å². The van der Waals surface area contributed by atoms with Crippen molar-refractivity contribution in [1.82, 2.24) is 4.98 Å². The molecule has 1 saturated carbocycles. The molecule has 0 radical (unpaired) electrons. The number of carbonyl (C=O) groups excluding carboxylic acids is 1. The zero-order valence-electron chi connectivity index (χ0n) is 11.0. The number of esters is 1. The van der Waals surface area contributed by atoms with Crippen molar-refractivity contribution in [3.05, 3.63) is 12.0 Å². The first-order valence-corrected chi connectivity index (χ1v) is 6.49. The maximum Gasteiger partial charge on any atom is 0.360 e. The molecule has 5 heteroatoms. The van der Waals surface area contributed by atoms with Crippen LogP contribution in [0.15, 0.2) is 10.7 Å². The lowest BCUT2D eigenvalue weighted by atomic mass is 9.89. The van der Waals surface area contributed by atoms with Crippen LogP contribution in [0, 0.1) is 5.41 Å². The Morgan fingerprint density at radius 2 is 2.28 bits per heavy atom. The molecule has 1 aromatic rings. The van der Waals surface area contributed by atoms with Crippen LogP contribution in [0.3, 0.4) is 0 Å². The quantitative estimate of drug-likeness (QED) is 0.816. The molecular formula is C13H20N2O3. The summed E-state index contributed by atoms with van der Waals surface area (Å²) in [6.07, 6.45) is 6.36. The van der Waals surface area contributed by atoms with E-state index in [1.807, 2.05) is 0 Å². The van der Waals surface area contributed by atoms with Crippen molar-refractivity contribution in [1.29, 1.82) is 0 Å². The van der Waals surface area contributed by atoms with E-state index in [1.165, 1.54) is 31.9 Å². The van der Waals surface area contributed by atoms with Crippen molar-refractivity contribution in [2.45, 2.75) is 39.5 Å². The fourth-order valence-electron chi connectivity index (χ4n) is 2.35. The summed E-state index contributed by atoms with van der Waals surface area (Å²) in [6, 6.07) is 0.395. The lowest BCUT2D eigenvalue weighted by molar-refractivity contribution is 0.0519.